The first-order valence-corrected chi connectivity index (χ1v) is 12.2. The van der Waals surface area contributed by atoms with Gasteiger partial charge in [0, 0.05) is 17.8 Å². The minimum atomic E-state index is -4.78. The highest BCUT2D eigenvalue weighted by Gasteiger charge is 2.39. The van der Waals surface area contributed by atoms with Crippen LogP contribution in [0.3, 0.4) is 0 Å². The van der Waals surface area contributed by atoms with Crippen molar-refractivity contribution in [3.8, 4) is 17.6 Å². The molecule has 1 fully saturated rings. The maximum absolute atomic E-state index is 13.0. The zero-order valence-corrected chi connectivity index (χ0v) is 19.2. The van der Waals surface area contributed by atoms with Crippen molar-refractivity contribution in [3.05, 3.63) is 41.7 Å². The minimum Gasteiger partial charge on any atom is -0.334 e. The fourth-order valence-electron chi connectivity index (χ4n) is 3.96. The topological polar surface area (TPSA) is 101 Å². The monoisotopic (exact) mass is 513 g/mol. The summed E-state index contributed by atoms with van der Waals surface area (Å²) in [5, 5.41) is 10.4. The van der Waals surface area contributed by atoms with Crippen LogP contribution in [-0.4, -0.2) is 41.6 Å². The standard InChI is InChI=1S/C22H20F5N5O2S/c1-12(22(25,26)27)31-35(33,34)15-10-29-21(30-11-15)20-17(9-28)16-6-5-13(8-19(23)24)7-18(16)32(20)14-3-2-4-14/h5-7,10-12,14,19,31H,2-4,8H2,1H3/t12-/m0/s1. The van der Waals surface area contributed by atoms with E-state index in [1.54, 1.807) is 12.1 Å². The van der Waals surface area contributed by atoms with Gasteiger partial charge in [0.05, 0.1) is 23.5 Å². The molecule has 3 aromatic rings. The maximum Gasteiger partial charge on any atom is 0.404 e. The highest BCUT2D eigenvalue weighted by molar-refractivity contribution is 7.89. The summed E-state index contributed by atoms with van der Waals surface area (Å²) < 4.78 is 92.3. The van der Waals surface area contributed by atoms with Crippen molar-refractivity contribution < 1.29 is 30.4 Å². The first kappa shape index (κ1) is 25.0. The lowest BCUT2D eigenvalue weighted by molar-refractivity contribution is -0.147. The molecule has 0 amide bonds. The van der Waals surface area contributed by atoms with Gasteiger partial charge in [0.25, 0.3) is 0 Å². The van der Waals surface area contributed by atoms with Gasteiger partial charge in [0.15, 0.2) is 5.82 Å². The van der Waals surface area contributed by atoms with Crippen molar-refractivity contribution in [3.63, 3.8) is 0 Å². The van der Waals surface area contributed by atoms with E-state index < -0.39 is 40.0 Å². The van der Waals surface area contributed by atoms with Crippen molar-refractivity contribution in [2.45, 2.75) is 62.2 Å². The molecule has 0 bridgehead atoms. The van der Waals surface area contributed by atoms with E-state index in [1.165, 1.54) is 10.8 Å². The number of halogens is 5. The largest absolute Gasteiger partial charge is 0.404 e. The summed E-state index contributed by atoms with van der Waals surface area (Å²) in [5.41, 5.74) is 1.48. The summed E-state index contributed by atoms with van der Waals surface area (Å²) in [5.74, 6) is 0.00267. The molecule has 0 radical (unpaired) electrons. The Morgan fingerprint density at radius 2 is 1.89 bits per heavy atom. The Morgan fingerprint density at radius 1 is 1.23 bits per heavy atom. The predicted molar refractivity (Wildman–Crippen MR) is 116 cm³/mol. The number of rotatable bonds is 7. The summed E-state index contributed by atoms with van der Waals surface area (Å²) in [4.78, 5) is 7.55. The van der Waals surface area contributed by atoms with Gasteiger partial charge in [0.1, 0.15) is 22.7 Å². The van der Waals surface area contributed by atoms with E-state index in [0.29, 0.717) is 29.1 Å². The van der Waals surface area contributed by atoms with Crippen LogP contribution in [0.5, 0.6) is 0 Å². The van der Waals surface area contributed by atoms with Crippen molar-refractivity contribution in [2.24, 2.45) is 0 Å². The van der Waals surface area contributed by atoms with Crippen molar-refractivity contribution in [1.82, 2.24) is 19.3 Å². The Morgan fingerprint density at radius 3 is 2.40 bits per heavy atom. The summed E-state index contributed by atoms with van der Waals surface area (Å²) >= 11 is 0. The van der Waals surface area contributed by atoms with Gasteiger partial charge in [-0.3, -0.25) is 0 Å². The zero-order valence-electron chi connectivity index (χ0n) is 18.4. The van der Waals surface area contributed by atoms with E-state index in [-0.39, 0.29) is 17.4 Å². The number of nitrogens with zero attached hydrogens (tertiary/aromatic N) is 4. The summed E-state index contributed by atoms with van der Waals surface area (Å²) in [6, 6.07) is 4.47. The lowest BCUT2D eigenvalue weighted by atomic mass is 9.92. The van der Waals surface area contributed by atoms with E-state index >= 15 is 0 Å². The second-order valence-electron chi connectivity index (χ2n) is 8.36. The Hall–Kier alpha value is -3.11. The van der Waals surface area contributed by atoms with Crippen LogP contribution < -0.4 is 4.72 Å². The molecule has 0 aliphatic heterocycles. The highest BCUT2D eigenvalue weighted by atomic mass is 32.2. The Bertz CT molecular complexity index is 1390. The number of alkyl halides is 5. The van der Waals surface area contributed by atoms with Crippen molar-refractivity contribution >= 4 is 20.9 Å². The predicted octanol–water partition coefficient (Wildman–Crippen LogP) is 4.73. The molecule has 0 saturated heterocycles. The van der Waals surface area contributed by atoms with Gasteiger partial charge in [0.2, 0.25) is 16.4 Å². The number of hydrogen-bond donors (Lipinski definition) is 1. The number of aromatic nitrogens is 3. The molecule has 0 spiro atoms. The molecule has 1 aromatic carbocycles. The number of benzene rings is 1. The third-order valence-electron chi connectivity index (χ3n) is 5.98. The normalized spacial score (nSPS) is 15.8. The number of nitrogens with one attached hydrogen (secondary N) is 1. The number of sulfonamides is 1. The van der Waals surface area contributed by atoms with Gasteiger partial charge < -0.3 is 4.57 Å². The van der Waals surface area contributed by atoms with Gasteiger partial charge in [-0.05, 0) is 37.8 Å². The zero-order chi connectivity index (χ0) is 25.5. The van der Waals surface area contributed by atoms with Crippen LogP contribution in [0.25, 0.3) is 22.4 Å². The van der Waals surface area contributed by atoms with Gasteiger partial charge >= 0.3 is 6.18 Å². The average molecular weight is 513 g/mol. The quantitative estimate of drug-likeness (QED) is 0.461. The van der Waals surface area contributed by atoms with Gasteiger partial charge in [-0.2, -0.15) is 23.2 Å². The molecule has 1 saturated carbocycles. The lowest BCUT2D eigenvalue weighted by Crippen LogP contribution is -2.43. The summed E-state index contributed by atoms with van der Waals surface area (Å²) in [7, 11) is -4.56. The number of hydrogen-bond acceptors (Lipinski definition) is 5. The fourth-order valence-corrected chi connectivity index (χ4v) is 5.08. The third kappa shape index (κ3) is 4.85. The molecule has 1 aliphatic carbocycles. The molecule has 2 heterocycles. The number of fused-ring (bicyclic) bond motifs is 1. The van der Waals surface area contributed by atoms with Crippen LogP contribution in [0.1, 0.15) is 43.4 Å². The molecule has 1 atom stereocenters. The van der Waals surface area contributed by atoms with Crippen LogP contribution in [0.4, 0.5) is 22.0 Å². The van der Waals surface area contributed by atoms with Crippen LogP contribution in [0, 0.1) is 11.3 Å². The second-order valence-corrected chi connectivity index (χ2v) is 10.1. The molecule has 186 valence electrons. The third-order valence-corrected chi connectivity index (χ3v) is 7.48. The summed E-state index contributed by atoms with van der Waals surface area (Å²) in [6.45, 7) is 0.672. The van der Waals surface area contributed by atoms with Crippen LogP contribution in [0.2, 0.25) is 0 Å². The van der Waals surface area contributed by atoms with Gasteiger partial charge in [-0.25, -0.2) is 27.2 Å². The number of nitriles is 1. The van der Waals surface area contributed by atoms with Crippen LogP contribution in [-0.2, 0) is 16.4 Å². The van der Waals surface area contributed by atoms with Crippen molar-refractivity contribution in [2.75, 3.05) is 0 Å². The smallest absolute Gasteiger partial charge is 0.334 e. The molecule has 0 unspecified atom stereocenters. The molecular weight excluding hydrogens is 493 g/mol. The molecule has 13 heteroatoms. The van der Waals surface area contributed by atoms with E-state index in [1.807, 2.05) is 4.57 Å². The van der Waals surface area contributed by atoms with Gasteiger partial charge in [-0.1, -0.05) is 12.1 Å². The first-order chi connectivity index (χ1) is 16.4. The van der Waals surface area contributed by atoms with E-state index in [4.69, 9.17) is 0 Å². The summed E-state index contributed by atoms with van der Waals surface area (Å²) in [6.07, 6.45) is -3.51. The fraction of sp³-hybridized carbons (Fsp3) is 0.409. The average Bonchev–Trinajstić information content (AvgIpc) is 3.04. The van der Waals surface area contributed by atoms with E-state index in [0.717, 1.165) is 31.7 Å². The molecule has 2 aromatic heterocycles. The molecule has 1 aliphatic rings. The SMILES string of the molecule is C[C@H](NS(=O)(=O)c1cnc(-c2c(C#N)c3ccc(CC(F)F)cc3n2C2CCC2)nc1)C(F)(F)F. The van der Waals surface area contributed by atoms with Crippen molar-refractivity contribution in [1.29, 1.82) is 5.26 Å². The van der Waals surface area contributed by atoms with E-state index in [9.17, 15) is 35.6 Å². The molecular formula is C22H20F5N5O2S. The van der Waals surface area contributed by atoms with Crippen LogP contribution >= 0.6 is 0 Å². The molecule has 4 rings (SSSR count). The lowest BCUT2D eigenvalue weighted by Gasteiger charge is -2.29. The van der Waals surface area contributed by atoms with E-state index in [2.05, 4.69) is 16.0 Å². The maximum atomic E-state index is 13.0. The molecule has 35 heavy (non-hydrogen) atoms. The Labute approximate surface area is 197 Å². The van der Waals surface area contributed by atoms with Crippen LogP contribution in [0.15, 0.2) is 35.5 Å². The molecule has 1 N–H and O–H groups in total. The molecule has 7 nitrogen and oxygen atoms in total. The Kier molecular flexibility index (Phi) is 6.54. The van der Waals surface area contributed by atoms with Gasteiger partial charge in [-0.15, -0.1) is 0 Å². The Balaban J connectivity index is 1.80. The minimum absolute atomic E-state index is 0.00267. The highest BCUT2D eigenvalue weighted by Crippen LogP contribution is 2.42. The first-order valence-electron chi connectivity index (χ1n) is 10.7. The second kappa shape index (κ2) is 9.16.